The van der Waals surface area contributed by atoms with Crippen LogP contribution in [-0.2, 0) is 29.0 Å². The summed E-state index contributed by atoms with van der Waals surface area (Å²) in [7, 11) is 0. The number of carbonyl (C=O) groups is 2. The van der Waals surface area contributed by atoms with Gasteiger partial charge in [0.25, 0.3) is 0 Å². The van der Waals surface area contributed by atoms with Crippen LogP contribution in [0.15, 0.2) is 53.0 Å². The zero-order valence-electron chi connectivity index (χ0n) is 18.5. The number of carbonyl (C=O) groups excluding carboxylic acids is 2. The number of halogens is 1. The fourth-order valence-electron chi connectivity index (χ4n) is 3.16. The molecule has 162 valence electrons. The van der Waals surface area contributed by atoms with Crippen LogP contribution in [0.3, 0.4) is 0 Å². The number of hydrogen-bond donors (Lipinski definition) is 1. The largest absolute Gasteiger partial charge is 0.354 e. The molecule has 0 bridgehead atoms. The molecule has 0 radical (unpaired) electrons. The highest BCUT2D eigenvalue weighted by Crippen LogP contribution is 2.16. The van der Waals surface area contributed by atoms with Crippen LogP contribution in [0.4, 0.5) is 0 Å². The van der Waals surface area contributed by atoms with E-state index in [-0.39, 0.29) is 11.8 Å². The summed E-state index contributed by atoms with van der Waals surface area (Å²) in [6, 6.07) is 15.7. The molecule has 1 unspecified atom stereocenters. The molecule has 0 heterocycles. The van der Waals surface area contributed by atoms with Crippen molar-refractivity contribution in [2.45, 2.75) is 59.5 Å². The van der Waals surface area contributed by atoms with Gasteiger partial charge in [-0.25, -0.2) is 0 Å². The van der Waals surface area contributed by atoms with Crippen molar-refractivity contribution in [3.05, 3.63) is 69.7 Å². The van der Waals surface area contributed by atoms with Crippen molar-refractivity contribution in [2.24, 2.45) is 5.92 Å². The molecule has 0 spiro atoms. The lowest BCUT2D eigenvalue weighted by atomic mass is 10.0. The van der Waals surface area contributed by atoms with Crippen molar-refractivity contribution in [1.29, 1.82) is 0 Å². The maximum Gasteiger partial charge on any atom is 0.242 e. The summed E-state index contributed by atoms with van der Waals surface area (Å²) in [5, 5.41) is 2.96. The second-order valence-electron chi connectivity index (χ2n) is 8.13. The average Bonchev–Trinajstić information content (AvgIpc) is 2.75. The van der Waals surface area contributed by atoms with E-state index in [1.807, 2.05) is 31.2 Å². The molecule has 2 aromatic rings. The molecule has 0 saturated heterocycles. The molecule has 2 amide bonds. The molecule has 2 rings (SSSR count). The van der Waals surface area contributed by atoms with Crippen molar-refractivity contribution in [1.82, 2.24) is 10.2 Å². The molecule has 5 heteroatoms. The molecule has 0 aliphatic heterocycles. The number of benzene rings is 2. The predicted octanol–water partition coefficient (Wildman–Crippen LogP) is 5.13. The van der Waals surface area contributed by atoms with Crippen molar-refractivity contribution in [3.8, 4) is 0 Å². The maximum atomic E-state index is 13.1. The van der Waals surface area contributed by atoms with Gasteiger partial charge in [0.15, 0.2) is 0 Å². The first kappa shape index (κ1) is 24.1. The zero-order chi connectivity index (χ0) is 22.1. The molecule has 0 aliphatic carbocycles. The molecular weight excluding hydrogens is 440 g/mol. The Bertz CT molecular complexity index is 816. The van der Waals surface area contributed by atoms with E-state index >= 15 is 0 Å². The summed E-state index contributed by atoms with van der Waals surface area (Å²) in [5.41, 5.74) is 3.43. The minimum absolute atomic E-state index is 0.00955. The van der Waals surface area contributed by atoms with Gasteiger partial charge in [0.1, 0.15) is 6.04 Å². The molecule has 0 fully saturated rings. The van der Waals surface area contributed by atoms with Crippen LogP contribution in [0.2, 0.25) is 0 Å². The van der Waals surface area contributed by atoms with Crippen molar-refractivity contribution < 1.29 is 9.59 Å². The van der Waals surface area contributed by atoms with E-state index in [9.17, 15) is 9.59 Å². The van der Waals surface area contributed by atoms with E-state index in [2.05, 4.69) is 66.3 Å². The van der Waals surface area contributed by atoms with Crippen molar-refractivity contribution >= 4 is 27.7 Å². The summed E-state index contributed by atoms with van der Waals surface area (Å²) in [5.74, 6) is 0.244. The van der Waals surface area contributed by atoms with Gasteiger partial charge in [-0.15, -0.1) is 0 Å². The highest BCUT2D eigenvalue weighted by molar-refractivity contribution is 9.10. The standard InChI is InChI=1S/C25H33BrN2O2/c1-5-20-6-8-21(9-7-20)12-15-24(29)28(17-22-10-13-23(26)14-11-22)19(4)25(30)27-16-18(2)3/h6-11,13-14,18-19H,5,12,15-17H2,1-4H3,(H,27,30). The maximum absolute atomic E-state index is 13.1. The average molecular weight is 473 g/mol. The van der Waals surface area contributed by atoms with Crippen LogP contribution < -0.4 is 5.32 Å². The van der Waals surface area contributed by atoms with E-state index < -0.39 is 6.04 Å². The third-order valence-corrected chi connectivity index (χ3v) is 5.71. The molecule has 0 aromatic heterocycles. The predicted molar refractivity (Wildman–Crippen MR) is 126 cm³/mol. The number of nitrogens with zero attached hydrogens (tertiary/aromatic N) is 1. The van der Waals surface area contributed by atoms with Gasteiger partial charge < -0.3 is 10.2 Å². The number of hydrogen-bond acceptors (Lipinski definition) is 2. The summed E-state index contributed by atoms with van der Waals surface area (Å²) in [6.07, 6.45) is 2.05. The molecule has 0 aliphatic rings. The SMILES string of the molecule is CCc1ccc(CCC(=O)N(Cc2ccc(Br)cc2)C(C)C(=O)NCC(C)C)cc1. The highest BCUT2D eigenvalue weighted by atomic mass is 79.9. The second-order valence-corrected chi connectivity index (χ2v) is 9.05. The van der Waals surface area contributed by atoms with Crippen molar-refractivity contribution in [2.75, 3.05) is 6.54 Å². The minimum Gasteiger partial charge on any atom is -0.354 e. The molecule has 1 N–H and O–H groups in total. The van der Waals surface area contributed by atoms with E-state index in [1.54, 1.807) is 4.90 Å². The van der Waals surface area contributed by atoms with E-state index in [0.717, 1.165) is 22.0 Å². The Morgan fingerprint density at radius 3 is 2.07 bits per heavy atom. The molecule has 30 heavy (non-hydrogen) atoms. The number of aryl methyl sites for hydroxylation is 2. The van der Waals surface area contributed by atoms with Crippen LogP contribution in [0.5, 0.6) is 0 Å². The zero-order valence-corrected chi connectivity index (χ0v) is 20.0. The molecular formula is C25H33BrN2O2. The Morgan fingerprint density at radius 2 is 1.50 bits per heavy atom. The van der Waals surface area contributed by atoms with Gasteiger partial charge in [-0.1, -0.05) is 73.1 Å². The van der Waals surface area contributed by atoms with Crippen LogP contribution in [0, 0.1) is 5.92 Å². The molecule has 0 saturated carbocycles. The summed E-state index contributed by atoms with van der Waals surface area (Å²) in [6.45, 7) is 9.07. The Kier molecular flexibility index (Phi) is 9.57. The lowest BCUT2D eigenvalue weighted by Gasteiger charge is -2.29. The lowest BCUT2D eigenvalue weighted by molar-refractivity contribution is -0.140. The Balaban J connectivity index is 2.10. The molecule has 1 atom stereocenters. The fourth-order valence-corrected chi connectivity index (χ4v) is 3.42. The Morgan fingerprint density at radius 1 is 0.933 bits per heavy atom. The van der Waals surface area contributed by atoms with Gasteiger partial charge in [-0.3, -0.25) is 9.59 Å². The Labute approximate surface area is 189 Å². The normalized spacial score (nSPS) is 11.9. The van der Waals surface area contributed by atoms with Gasteiger partial charge in [0.05, 0.1) is 0 Å². The lowest BCUT2D eigenvalue weighted by Crippen LogP contribution is -2.48. The van der Waals surface area contributed by atoms with E-state index in [1.165, 1.54) is 5.56 Å². The van der Waals surface area contributed by atoms with Gasteiger partial charge in [-0.05, 0) is 54.5 Å². The third-order valence-electron chi connectivity index (χ3n) is 5.18. The van der Waals surface area contributed by atoms with Crippen LogP contribution >= 0.6 is 15.9 Å². The topological polar surface area (TPSA) is 49.4 Å². The monoisotopic (exact) mass is 472 g/mol. The van der Waals surface area contributed by atoms with Crippen LogP contribution in [0.1, 0.15) is 50.8 Å². The smallest absolute Gasteiger partial charge is 0.242 e. The number of rotatable bonds is 10. The quantitative estimate of drug-likeness (QED) is 0.520. The molecule has 2 aromatic carbocycles. The first-order chi connectivity index (χ1) is 14.3. The second kappa shape index (κ2) is 11.9. The highest BCUT2D eigenvalue weighted by Gasteiger charge is 2.25. The number of amides is 2. The minimum atomic E-state index is -0.526. The van der Waals surface area contributed by atoms with Crippen molar-refractivity contribution in [3.63, 3.8) is 0 Å². The third kappa shape index (κ3) is 7.60. The van der Waals surface area contributed by atoms with Gasteiger partial charge in [0, 0.05) is 24.0 Å². The summed E-state index contributed by atoms with van der Waals surface area (Å²) >= 11 is 3.44. The van der Waals surface area contributed by atoms with Gasteiger partial charge >= 0.3 is 0 Å². The first-order valence-electron chi connectivity index (χ1n) is 10.7. The first-order valence-corrected chi connectivity index (χ1v) is 11.5. The van der Waals surface area contributed by atoms with Gasteiger partial charge in [-0.2, -0.15) is 0 Å². The van der Waals surface area contributed by atoms with Crippen LogP contribution in [0.25, 0.3) is 0 Å². The Hall–Kier alpha value is -2.14. The fraction of sp³-hybridized carbons (Fsp3) is 0.440. The molecule has 4 nitrogen and oxygen atoms in total. The van der Waals surface area contributed by atoms with Gasteiger partial charge in [0.2, 0.25) is 11.8 Å². The van der Waals surface area contributed by atoms with Crippen LogP contribution in [-0.4, -0.2) is 29.3 Å². The van der Waals surface area contributed by atoms with E-state index in [4.69, 9.17) is 0 Å². The number of nitrogens with one attached hydrogen (secondary N) is 1. The van der Waals surface area contributed by atoms with E-state index in [0.29, 0.717) is 31.8 Å². The summed E-state index contributed by atoms with van der Waals surface area (Å²) < 4.78 is 0.988. The summed E-state index contributed by atoms with van der Waals surface area (Å²) in [4.78, 5) is 27.5.